The van der Waals surface area contributed by atoms with Crippen molar-refractivity contribution in [2.45, 2.75) is 19.4 Å². The second kappa shape index (κ2) is 7.25. The molecule has 1 unspecified atom stereocenters. The van der Waals surface area contributed by atoms with Gasteiger partial charge in [-0.1, -0.05) is 18.2 Å². The number of carbonyl (C=O) groups excluding carboxylic acids is 1. The smallest absolute Gasteiger partial charge is 0.253 e. The van der Waals surface area contributed by atoms with Crippen LogP contribution < -0.4 is 5.32 Å². The minimum atomic E-state index is -0.559. The zero-order chi connectivity index (χ0) is 13.4. The largest absolute Gasteiger partial charge is 0.368 e. The summed E-state index contributed by atoms with van der Waals surface area (Å²) in [6, 6.07) is 8.87. The lowest BCUT2D eigenvalue weighted by molar-refractivity contribution is -0.126. The summed E-state index contributed by atoms with van der Waals surface area (Å²) in [5.41, 5.74) is 0.938. The maximum Gasteiger partial charge on any atom is 0.253 e. The first kappa shape index (κ1) is 13.9. The lowest BCUT2D eigenvalue weighted by Crippen LogP contribution is -2.28. The van der Waals surface area contributed by atoms with Crippen LogP contribution in [0.5, 0.6) is 0 Å². The Kier molecular flexibility index (Phi) is 5.62. The van der Waals surface area contributed by atoms with Crippen molar-refractivity contribution in [1.29, 1.82) is 5.26 Å². The molecule has 18 heavy (non-hydrogen) atoms. The number of amides is 1. The van der Waals surface area contributed by atoms with Crippen LogP contribution in [0.4, 0.5) is 5.69 Å². The Balaban J connectivity index is 2.58. The van der Waals surface area contributed by atoms with Gasteiger partial charge in [-0.15, -0.1) is 6.58 Å². The molecule has 1 amide bonds. The van der Waals surface area contributed by atoms with E-state index < -0.39 is 6.10 Å². The van der Waals surface area contributed by atoms with E-state index >= 15 is 0 Å². The number of hydrogen-bond donors (Lipinski definition) is 1. The van der Waals surface area contributed by atoms with Gasteiger partial charge in [-0.25, -0.2) is 0 Å². The van der Waals surface area contributed by atoms with Gasteiger partial charge in [0.1, 0.15) is 12.2 Å². The Morgan fingerprint density at radius 1 is 1.61 bits per heavy atom. The molecule has 0 saturated carbocycles. The predicted molar refractivity (Wildman–Crippen MR) is 70.0 cm³/mol. The molecule has 1 aromatic carbocycles. The average Bonchev–Trinajstić information content (AvgIpc) is 2.39. The van der Waals surface area contributed by atoms with Crippen LogP contribution in [-0.2, 0) is 9.53 Å². The molecule has 0 aliphatic rings. The lowest BCUT2D eigenvalue weighted by Gasteiger charge is -2.13. The summed E-state index contributed by atoms with van der Waals surface area (Å²) >= 11 is 0. The molecular formula is C14H16N2O2. The lowest BCUT2D eigenvalue weighted by atomic mass is 10.2. The zero-order valence-electron chi connectivity index (χ0n) is 10.3. The molecule has 4 heteroatoms. The highest BCUT2D eigenvalue weighted by molar-refractivity contribution is 5.95. The minimum absolute atomic E-state index is 0.262. The highest BCUT2D eigenvalue weighted by Gasteiger charge is 2.14. The summed E-state index contributed by atoms with van der Waals surface area (Å²) in [5.74, 6) is -0.262. The van der Waals surface area contributed by atoms with Gasteiger partial charge in [0.2, 0.25) is 0 Å². The molecule has 0 bridgehead atoms. The summed E-state index contributed by atoms with van der Waals surface area (Å²) in [5, 5.41) is 11.6. The normalized spacial score (nSPS) is 11.3. The van der Waals surface area contributed by atoms with Crippen LogP contribution >= 0.6 is 0 Å². The summed E-state index contributed by atoms with van der Waals surface area (Å²) in [4.78, 5) is 11.8. The van der Waals surface area contributed by atoms with E-state index in [2.05, 4.69) is 11.9 Å². The van der Waals surface area contributed by atoms with E-state index in [1.165, 1.54) is 0 Å². The number of benzene rings is 1. The Morgan fingerprint density at radius 2 is 2.33 bits per heavy atom. The van der Waals surface area contributed by atoms with Gasteiger partial charge < -0.3 is 10.1 Å². The summed E-state index contributed by atoms with van der Waals surface area (Å²) in [6.07, 6.45) is 1.87. The standard InChI is InChI=1S/C14H16N2O2/c1-3-4-9-18-11(2)14(17)16-13-8-6-5-7-12(13)10-15/h3,5-8,11H,1,4,9H2,2H3,(H,16,17). The summed E-state index contributed by atoms with van der Waals surface area (Å²) in [6.45, 7) is 5.71. The number of carbonyl (C=O) groups is 1. The Morgan fingerprint density at radius 3 is 3.00 bits per heavy atom. The predicted octanol–water partition coefficient (Wildman–Crippen LogP) is 2.48. The number of nitrogens with zero attached hydrogens (tertiary/aromatic N) is 1. The molecule has 0 aliphatic carbocycles. The number of nitrogens with one attached hydrogen (secondary N) is 1. The third-order valence-electron chi connectivity index (χ3n) is 2.36. The van der Waals surface area contributed by atoms with Crippen molar-refractivity contribution in [3.63, 3.8) is 0 Å². The quantitative estimate of drug-likeness (QED) is 0.617. The van der Waals surface area contributed by atoms with E-state index in [1.54, 1.807) is 37.3 Å². The van der Waals surface area contributed by atoms with E-state index in [0.717, 1.165) is 0 Å². The molecule has 0 spiro atoms. The van der Waals surface area contributed by atoms with Crippen molar-refractivity contribution in [2.75, 3.05) is 11.9 Å². The van der Waals surface area contributed by atoms with Crippen molar-refractivity contribution < 1.29 is 9.53 Å². The fourth-order valence-corrected chi connectivity index (χ4v) is 1.33. The van der Waals surface area contributed by atoms with Crippen molar-refractivity contribution in [3.05, 3.63) is 42.5 Å². The molecule has 0 fully saturated rings. The molecule has 94 valence electrons. The second-order valence-corrected chi connectivity index (χ2v) is 3.74. The molecule has 0 saturated heterocycles. The Labute approximate surface area is 107 Å². The molecule has 0 aromatic heterocycles. The van der Waals surface area contributed by atoms with Crippen LogP contribution in [0.1, 0.15) is 18.9 Å². The van der Waals surface area contributed by atoms with E-state index in [9.17, 15) is 4.79 Å². The number of nitriles is 1. The van der Waals surface area contributed by atoms with Gasteiger partial charge in [0, 0.05) is 0 Å². The first-order chi connectivity index (χ1) is 8.69. The second-order valence-electron chi connectivity index (χ2n) is 3.74. The van der Waals surface area contributed by atoms with Crippen LogP contribution in [0.25, 0.3) is 0 Å². The molecule has 4 nitrogen and oxygen atoms in total. The maximum absolute atomic E-state index is 11.8. The van der Waals surface area contributed by atoms with Crippen molar-refractivity contribution in [3.8, 4) is 6.07 Å². The fraction of sp³-hybridized carbons (Fsp3) is 0.286. The first-order valence-electron chi connectivity index (χ1n) is 5.71. The molecule has 0 aliphatic heterocycles. The highest BCUT2D eigenvalue weighted by Crippen LogP contribution is 2.14. The van der Waals surface area contributed by atoms with Crippen LogP contribution in [0, 0.1) is 11.3 Å². The number of ether oxygens (including phenoxy) is 1. The van der Waals surface area contributed by atoms with Gasteiger partial charge in [-0.05, 0) is 25.5 Å². The van der Waals surface area contributed by atoms with Crippen LogP contribution in [-0.4, -0.2) is 18.6 Å². The maximum atomic E-state index is 11.8. The number of anilines is 1. The molecule has 1 rings (SSSR count). The van der Waals surface area contributed by atoms with Crippen molar-refractivity contribution in [2.24, 2.45) is 0 Å². The van der Waals surface area contributed by atoms with Gasteiger partial charge in [0.05, 0.1) is 17.9 Å². The van der Waals surface area contributed by atoms with Gasteiger partial charge in [-0.2, -0.15) is 5.26 Å². The zero-order valence-corrected chi connectivity index (χ0v) is 10.3. The SMILES string of the molecule is C=CCCOC(C)C(=O)Nc1ccccc1C#N. The van der Waals surface area contributed by atoms with E-state index in [0.29, 0.717) is 24.3 Å². The summed E-state index contributed by atoms with van der Waals surface area (Å²) in [7, 11) is 0. The molecule has 0 heterocycles. The number of para-hydroxylation sites is 1. The van der Waals surface area contributed by atoms with Crippen molar-refractivity contribution in [1.82, 2.24) is 0 Å². The van der Waals surface area contributed by atoms with E-state index in [-0.39, 0.29) is 5.91 Å². The minimum Gasteiger partial charge on any atom is -0.368 e. The summed E-state index contributed by atoms with van der Waals surface area (Å²) < 4.78 is 5.32. The molecule has 1 atom stereocenters. The van der Waals surface area contributed by atoms with Crippen LogP contribution in [0.3, 0.4) is 0 Å². The fourth-order valence-electron chi connectivity index (χ4n) is 1.33. The Hall–Kier alpha value is -2.12. The molecular weight excluding hydrogens is 228 g/mol. The first-order valence-corrected chi connectivity index (χ1v) is 5.71. The monoisotopic (exact) mass is 244 g/mol. The number of rotatable bonds is 6. The van der Waals surface area contributed by atoms with Gasteiger partial charge in [0.25, 0.3) is 5.91 Å². The molecule has 1 aromatic rings. The van der Waals surface area contributed by atoms with Crippen LogP contribution in [0.2, 0.25) is 0 Å². The van der Waals surface area contributed by atoms with Gasteiger partial charge in [-0.3, -0.25) is 4.79 Å². The van der Waals surface area contributed by atoms with E-state index in [4.69, 9.17) is 10.00 Å². The molecule has 1 N–H and O–H groups in total. The van der Waals surface area contributed by atoms with Gasteiger partial charge in [0.15, 0.2) is 0 Å². The average molecular weight is 244 g/mol. The molecule has 0 radical (unpaired) electrons. The van der Waals surface area contributed by atoms with Gasteiger partial charge >= 0.3 is 0 Å². The van der Waals surface area contributed by atoms with Crippen LogP contribution in [0.15, 0.2) is 36.9 Å². The Bertz CT molecular complexity index is 463. The van der Waals surface area contributed by atoms with Crippen molar-refractivity contribution >= 4 is 11.6 Å². The third-order valence-corrected chi connectivity index (χ3v) is 2.36. The van der Waals surface area contributed by atoms with E-state index in [1.807, 2.05) is 6.07 Å². The highest BCUT2D eigenvalue weighted by atomic mass is 16.5. The number of hydrogen-bond acceptors (Lipinski definition) is 3. The third kappa shape index (κ3) is 4.04. The topological polar surface area (TPSA) is 62.1 Å².